The number of benzene rings is 2. The summed E-state index contributed by atoms with van der Waals surface area (Å²) in [4.78, 5) is 148. The highest BCUT2D eigenvalue weighted by molar-refractivity contribution is 5.99. The normalized spacial score (nSPS) is 20.6. The summed E-state index contributed by atoms with van der Waals surface area (Å²) in [6, 6.07) is 5.31. The molecule has 4 rings (SSSR count). The first-order chi connectivity index (χ1) is 37.2. The van der Waals surface area contributed by atoms with Gasteiger partial charge in [0.1, 0.15) is 42.3 Å². The Kier molecular flexibility index (Phi) is 25.3. The van der Waals surface area contributed by atoms with Crippen LogP contribution in [0.5, 0.6) is 0 Å². The lowest BCUT2D eigenvalue weighted by molar-refractivity contribution is -0.142. The van der Waals surface area contributed by atoms with E-state index in [1.54, 1.807) is 54.7 Å². The number of aromatic amines is 1. The average Bonchev–Trinajstić information content (AvgIpc) is 3.81. The molecular formula is C50H73N17O11. The highest BCUT2D eigenvalue weighted by atomic mass is 16.4. The Hall–Kier alpha value is -8.82. The van der Waals surface area contributed by atoms with Crippen molar-refractivity contribution >= 4 is 82.0 Å². The minimum absolute atomic E-state index is 0.0131. The molecule has 0 aliphatic carbocycles. The molecule has 2 heterocycles. The Morgan fingerprint density at radius 3 is 1.96 bits per heavy atom. The number of nitrogens with one attached hydrogen (secondary N) is 10. The van der Waals surface area contributed by atoms with Crippen LogP contribution in [0.15, 0.2) is 70.8 Å². The number of aliphatic imine (C=N–C) groups is 2. The lowest BCUT2D eigenvalue weighted by Crippen LogP contribution is -2.61. The SMILES string of the molecule is CC(=O)N[C@@H](CCCN=C(N)N)C(=O)N[C@H]1CC(=O)NCCCC[C@@H](C(=O)O)NC(=O)[C@H](Cc2c[nH]c3ccccc23)NC(=O)[C@H](CCCN=C(N)N)NC(=O)[C@@H](Cc2ccccc2)NC(=O)[C@H](CCNC(=O)CN)NC1=O. The van der Waals surface area contributed by atoms with Crippen LogP contribution in [0.25, 0.3) is 10.9 Å². The summed E-state index contributed by atoms with van der Waals surface area (Å²) >= 11 is 0. The van der Waals surface area contributed by atoms with Crippen molar-refractivity contribution < 1.29 is 53.1 Å². The predicted octanol–water partition coefficient (Wildman–Crippen LogP) is -4.29. The van der Waals surface area contributed by atoms with Crippen molar-refractivity contribution in [1.82, 2.24) is 52.8 Å². The third kappa shape index (κ3) is 21.4. The van der Waals surface area contributed by atoms with Gasteiger partial charge in [0.2, 0.25) is 53.2 Å². The minimum Gasteiger partial charge on any atom is -0.480 e. The number of nitrogens with two attached hydrogens (primary N) is 5. The van der Waals surface area contributed by atoms with Crippen molar-refractivity contribution in [3.63, 3.8) is 0 Å². The van der Waals surface area contributed by atoms with Gasteiger partial charge < -0.3 is 86.6 Å². The van der Waals surface area contributed by atoms with E-state index in [2.05, 4.69) is 62.8 Å². The second kappa shape index (κ2) is 31.9. The number of H-pyrrole nitrogens is 1. The number of carboxylic acid groups (broad SMARTS) is 1. The number of aromatic nitrogens is 1. The molecule has 78 heavy (non-hydrogen) atoms. The van der Waals surface area contributed by atoms with Crippen molar-refractivity contribution in [3.8, 4) is 0 Å². The largest absolute Gasteiger partial charge is 0.480 e. The number of amides is 9. The minimum atomic E-state index is -1.72. The monoisotopic (exact) mass is 1090 g/mol. The molecule has 21 N–H and O–H groups in total. The molecular weight excluding hydrogens is 1010 g/mol. The lowest BCUT2D eigenvalue weighted by Gasteiger charge is -2.28. The molecule has 9 amide bonds. The number of guanidine groups is 2. The van der Waals surface area contributed by atoms with Crippen molar-refractivity contribution in [2.45, 2.75) is 120 Å². The fourth-order valence-corrected chi connectivity index (χ4v) is 8.34. The van der Waals surface area contributed by atoms with Crippen LogP contribution in [0.1, 0.15) is 75.8 Å². The Bertz CT molecular complexity index is 2620. The molecule has 1 saturated heterocycles. The van der Waals surface area contributed by atoms with E-state index >= 15 is 0 Å². The van der Waals surface area contributed by atoms with Crippen LogP contribution in [-0.2, 0) is 60.8 Å². The number of para-hydroxylation sites is 1. The summed E-state index contributed by atoms with van der Waals surface area (Å²) in [7, 11) is 0. The molecule has 28 nitrogen and oxygen atoms in total. The van der Waals surface area contributed by atoms with E-state index < -0.39 is 114 Å². The van der Waals surface area contributed by atoms with E-state index in [9.17, 15) is 53.1 Å². The summed E-state index contributed by atoms with van der Waals surface area (Å²) in [5.74, 6) is -9.34. The summed E-state index contributed by atoms with van der Waals surface area (Å²) in [6.45, 7) is 0.555. The zero-order valence-electron chi connectivity index (χ0n) is 43.4. The first kappa shape index (κ1) is 61.7. The van der Waals surface area contributed by atoms with Crippen LogP contribution in [0.4, 0.5) is 0 Å². The number of nitrogens with zero attached hydrogens (tertiary/aromatic N) is 2. The number of carboxylic acids is 1. The second-order valence-electron chi connectivity index (χ2n) is 18.5. The topological polar surface area (TPSA) is 470 Å². The number of rotatable bonds is 20. The molecule has 0 unspecified atom stereocenters. The number of carbonyl (C=O) groups is 10. The molecule has 7 atom stereocenters. The molecule has 0 saturated carbocycles. The standard InChI is InChI=1S/C50H73N17O11/c1-28(68)61-33(16-9-20-58-49(52)53)42(71)67-39-25-40(69)56-19-8-7-15-36(48(77)78)64-46(75)38(24-30-27-60-32-14-6-5-13-31(30)32)66-43(72)34(17-10-21-59-50(54)55)62-45(74)37(23-29-11-3-2-4-12-29)65-44(73)35(63-47(39)76)18-22-57-41(70)26-51/h2-6,11-14,27,33-39,60H,7-10,15-26,51H2,1H3,(H,56,69)(H,57,70)(H,61,68)(H,62,74)(H,63,76)(H,64,75)(H,65,73)(H,66,72)(H,67,71)(H,77,78)(H4,52,53,58)(H4,54,55,59)/t33-,34-,35-,36-,37+,38-,39-/m0/s1. The zero-order valence-corrected chi connectivity index (χ0v) is 43.4. The van der Waals surface area contributed by atoms with Gasteiger partial charge in [-0.2, -0.15) is 0 Å². The second-order valence-corrected chi connectivity index (χ2v) is 18.5. The van der Waals surface area contributed by atoms with E-state index in [-0.39, 0.29) is 102 Å². The van der Waals surface area contributed by atoms with Gasteiger partial charge in [-0.3, -0.25) is 53.1 Å². The van der Waals surface area contributed by atoms with E-state index in [1.807, 2.05) is 6.07 Å². The molecule has 1 fully saturated rings. The highest BCUT2D eigenvalue weighted by Crippen LogP contribution is 2.20. The van der Waals surface area contributed by atoms with Gasteiger partial charge in [0.25, 0.3) is 0 Å². The van der Waals surface area contributed by atoms with Crippen molar-refractivity contribution in [1.29, 1.82) is 0 Å². The number of hydrogen-bond donors (Lipinski definition) is 16. The average molecular weight is 1090 g/mol. The van der Waals surface area contributed by atoms with E-state index in [0.717, 1.165) is 10.9 Å². The number of aliphatic carboxylic acids is 1. The van der Waals surface area contributed by atoms with Crippen molar-refractivity contribution in [2.75, 3.05) is 32.7 Å². The van der Waals surface area contributed by atoms with E-state index in [4.69, 9.17) is 28.7 Å². The maximum Gasteiger partial charge on any atom is 0.326 e. The van der Waals surface area contributed by atoms with Crippen LogP contribution >= 0.6 is 0 Å². The van der Waals surface area contributed by atoms with Crippen LogP contribution in [0.3, 0.4) is 0 Å². The van der Waals surface area contributed by atoms with Crippen LogP contribution < -0.4 is 76.5 Å². The summed E-state index contributed by atoms with van der Waals surface area (Å²) in [5.41, 5.74) is 29.4. The lowest BCUT2D eigenvalue weighted by atomic mass is 10.0. The Morgan fingerprint density at radius 1 is 0.718 bits per heavy atom. The summed E-state index contributed by atoms with van der Waals surface area (Å²) in [5, 5.41) is 34.3. The van der Waals surface area contributed by atoms with Gasteiger partial charge >= 0.3 is 5.97 Å². The Labute approximate surface area is 449 Å². The van der Waals surface area contributed by atoms with Crippen molar-refractivity contribution in [3.05, 3.63) is 71.9 Å². The van der Waals surface area contributed by atoms with Crippen LogP contribution in [-0.4, -0.2) is 156 Å². The molecule has 0 spiro atoms. The molecule has 0 radical (unpaired) electrons. The summed E-state index contributed by atoms with van der Waals surface area (Å²) < 4.78 is 0. The third-order valence-electron chi connectivity index (χ3n) is 12.3. The zero-order chi connectivity index (χ0) is 57.1. The molecule has 424 valence electrons. The quantitative estimate of drug-likeness (QED) is 0.0289. The van der Waals surface area contributed by atoms with Gasteiger partial charge in [-0.05, 0) is 68.6 Å². The van der Waals surface area contributed by atoms with E-state index in [1.165, 1.54) is 6.92 Å². The van der Waals surface area contributed by atoms with Gasteiger partial charge in [-0.15, -0.1) is 0 Å². The maximum atomic E-state index is 14.7. The first-order valence-corrected chi connectivity index (χ1v) is 25.5. The number of carbonyl (C=O) groups excluding carboxylic acids is 9. The fraction of sp³-hybridized carbons (Fsp3) is 0.480. The Morgan fingerprint density at radius 2 is 1.31 bits per heavy atom. The van der Waals surface area contributed by atoms with Gasteiger partial charge in [-0.25, -0.2) is 4.79 Å². The van der Waals surface area contributed by atoms with Gasteiger partial charge in [0, 0.05) is 63.0 Å². The smallest absolute Gasteiger partial charge is 0.326 e. The van der Waals surface area contributed by atoms with Crippen LogP contribution in [0.2, 0.25) is 0 Å². The van der Waals surface area contributed by atoms with E-state index in [0.29, 0.717) is 11.1 Å². The number of fused-ring (bicyclic) bond motifs is 1. The van der Waals surface area contributed by atoms with Gasteiger partial charge in [0.05, 0.1) is 13.0 Å². The molecule has 1 aliphatic rings. The van der Waals surface area contributed by atoms with Gasteiger partial charge in [0.15, 0.2) is 11.9 Å². The third-order valence-corrected chi connectivity index (χ3v) is 12.3. The molecule has 3 aromatic rings. The Balaban J connectivity index is 1.80. The van der Waals surface area contributed by atoms with Crippen LogP contribution in [0, 0.1) is 0 Å². The van der Waals surface area contributed by atoms with Gasteiger partial charge in [-0.1, -0.05) is 48.5 Å². The predicted molar refractivity (Wildman–Crippen MR) is 287 cm³/mol. The number of hydrogen-bond acceptors (Lipinski definition) is 13. The summed E-state index contributed by atoms with van der Waals surface area (Å²) in [6.07, 6.45) is 0.691. The maximum absolute atomic E-state index is 14.7. The first-order valence-electron chi connectivity index (χ1n) is 25.5. The van der Waals surface area contributed by atoms with Crippen molar-refractivity contribution in [2.24, 2.45) is 38.7 Å². The molecule has 2 aromatic carbocycles. The molecule has 0 bridgehead atoms. The highest BCUT2D eigenvalue weighted by Gasteiger charge is 2.35. The molecule has 1 aromatic heterocycles. The fourth-order valence-electron chi connectivity index (χ4n) is 8.34. The molecule has 28 heteroatoms. The molecule has 1 aliphatic heterocycles.